The lowest BCUT2D eigenvalue weighted by Crippen LogP contribution is -2.15. The van der Waals surface area contributed by atoms with Crippen molar-refractivity contribution in [3.63, 3.8) is 0 Å². The van der Waals surface area contributed by atoms with Gasteiger partial charge in [-0.05, 0) is 12.3 Å². The Morgan fingerprint density at radius 2 is 2.33 bits per heavy atom. The molecule has 2 heterocycles. The average Bonchev–Trinajstić information content (AvgIpc) is 2.80. The van der Waals surface area contributed by atoms with Crippen LogP contribution in [0.25, 0.3) is 11.0 Å². The Morgan fingerprint density at radius 1 is 1.44 bits per heavy atom. The summed E-state index contributed by atoms with van der Waals surface area (Å²) in [6.45, 7) is 0.713. The van der Waals surface area contributed by atoms with Crippen molar-refractivity contribution in [2.75, 3.05) is 19.0 Å². The van der Waals surface area contributed by atoms with Gasteiger partial charge in [0.1, 0.15) is 5.39 Å². The van der Waals surface area contributed by atoms with Gasteiger partial charge < -0.3 is 10.1 Å². The van der Waals surface area contributed by atoms with Crippen LogP contribution >= 0.6 is 0 Å². The summed E-state index contributed by atoms with van der Waals surface area (Å²) >= 11 is 0. The Kier molecular flexibility index (Phi) is 3.00. The number of nitrogens with one attached hydrogen (secondary N) is 2. The summed E-state index contributed by atoms with van der Waals surface area (Å²) in [5.41, 5.74) is 0.702. The van der Waals surface area contributed by atoms with E-state index in [2.05, 4.69) is 25.5 Å². The third-order valence-corrected chi connectivity index (χ3v) is 3.49. The fraction of sp³-hybridized carbons (Fsp3) is 0.583. The number of fused-ring (bicyclic) bond motifs is 1. The highest BCUT2D eigenvalue weighted by Crippen LogP contribution is 2.30. The molecule has 0 bridgehead atoms. The molecule has 1 saturated carbocycles. The molecule has 18 heavy (non-hydrogen) atoms. The van der Waals surface area contributed by atoms with Crippen molar-refractivity contribution in [2.24, 2.45) is 5.92 Å². The van der Waals surface area contributed by atoms with Gasteiger partial charge in [-0.25, -0.2) is 0 Å². The molecule has 96 valence electrons. The number of nitrogens with zero attached hydrogens (tertiary/aromatic N) is 3. The van der Waals surface area contributed by atoms with Crippen LogP contribution in [0, 0.1) is 5.92 Å². The molecule has 0 aromatic carbocycles. The van der Waals surface area contributed by atoms with Gasteiger partial charge in [0, 0.05) is 7.05 Å². The van der Waals surface area contributed by atoms with Crippen molar-refractivity contribution in [1.82, 2.24) is 20.2 Å². The maximum Gasteiger partial charge on any atom is 0.229 e. The molecule has 0 radical (unpaired) electrons. The second kappa shape index (κ2) is 4.80. The summed E-state index contributed by atoms with van der Waals surface area (Å²) in [6, 6.07) is 0. The van der Waals surface area contributed by atoms with Crippen LogP contribution in [0.3, 0.4) is 0 Å². The number of anilines is 1. The molecule has 2 aromatic rings. The monoisotopic (exact) mass is 247 g/mol. The molecule has 0 unspecified atom stereocenters. The topological polar surface area (TPSA) is 75.7 Å². The van der Waals surface area contributed by atoms with Crippen LogP contribution in [-0.2, 0) is 0 Å². The van der Waals surface area contributed by atoms with E-state index in [-0.39, 0.29) is 0 Å². The van der Waals surface area contributed by atoms with Crippen LogP contribution in [0.2, 0.25) is 0 Å². The maximum absolute atomic E-state index is 5.78. The van der Waals surface area contributed by atoms with E-state index in [0.717, 1.165) is 17.7 Å². The number of ether oxygens (including phenoxy) is 1. The van der Waals surface area contributed by atoms with Crippen molar-refractivity contribution < 1.29 is 4.74 Å². The lowest BCUT2D eigenvalue weighted by molar-refractivity contribution is 0.219. The Balaban J connectivity index is 1.74. The molecule has 1 fully saturated rings. The van der Waals surface area contributed by atoms with Crippen molar-refractivity contribution >= 4 is 17.0 Å². The quantitative estimate of drug-likeness (QED) is 0.844. The number of H-pyrrole nitrogens is 1. The summed E-state index contributed by atoms with van der Waals surface area (Å²) in [5.74, 6) is 2.00. The predicted molar refractivity (Wildman–Crippen MR) is 68.7 cm³/mol. The van der Waals surface area contributed by atoms with Crippen LogP contribution in [0.1, 0.15) is 25.7 Å². The van der Waals surface area contributed by atoms with E-state index in [1.807, 2.05) is 0 Å². The van der Waals surface area contributed by atoms with Crippen LogP contribution in [0.4, 0.5) is 5.95 Å². The second-order valence-corrected chi connectivity index (χ2v) is 4.67. The first-order valence-corrected chi connectivity index (χ1v) is 6.38. The molecule has 1 aliphatic carbocycles. The Bertz CT molecular complexity index is 534. The van der Waals surface area contributed by atoms with E-state index in [0.29, 0.717) is 24.1 Å². The number of aromatic amines is 1. The van der Waals surface area contributed by atoms with E-state index in [4.69, 9.17) is 4.74 Å². The smallest absolute Gasteiger partial charge is 0.229 e. The van der Waals surface area contributed by atoms with Crippen molar-refractivity contribution in [1.29, 1.82) is 0 Å². The van der Waals surface area contributed by atoms with E-state index in [1.165, 1.54) is 19.3 Å². The molecule has 0 aliphatic heterocycles. The minimum atomic E-state index is 0.547. The van der Waals surface area contributed by atoms with Crippen LogP contribution in [-0.4, -0.2) is 33.8 Å². The molecule has 3 rings (SSSR count). The van der Waals surface area contributed by atoms with Crippen LogP contribution in [0.15, 0.2) is 6.20 Å². The standard InChI is InChI=1S/C12H17N5O/c1-13-12-15-10-9(7-14-17-10)11(16-12)18-6-5-8-3-2-4-8/h7-8H,2-6H2,1H3,(H2,13,14,15,16,17). The minimum Gasteiger partial charge on any atom is -0.477 e. The summed E-state index contributed by atoms with van der Waals surface area (Å²) in [5, 5.41) is 10.6. The molecule has 0 saturated heterocycles. The molecule has 6 heteroatoms. The lowest BCUT2D eigenvalue weighted by Gasteiger charge is -2.24. The number of aromatic nitrogens is 4. The van der Waals surface area contributed by atoms with Gasteiger partial charge >= 0.3 is 0 Å². The summed E-state index contributed by atoms with van der Waals surface area (Å²) in [7, 11) is 1.79. The van der Waals surface area contributed by atoms with Gasteiger partial charge in [0.05, 0.1) is 12.8 Å². The molecule has 0 amide bonds. The summed E-state index contributed by atoms with van der Waals surface area (Å²) in [6.07, 6.45) is 6.87. The van der Waals surface area contributed by atoms with E-state index in [9.17, 15) is 0 Å². The summed E-state index contributed by atoms with van der Waals surface area (Å²) < 4.78 is 5.78. The Morgan fingerprint density at radius 3 is 3.06 bits per heavy atom. The van der Waals surface area contributed by atoms with Gasteiger partial charge in [-0.2, -0.15) is 15.1 Å². The average molecular weight is 247 g/mol. The molecule has 2 aromatic heterocycles. The van der Waals surface area contributed by atoms with Gasteiger partial charge in [0.15, 0.2) is 5.65 Å². The highest BCUT2D eigenvalue weighted by atomic mass is 16.5. The maximum atomic E-state index is 5.78. The highest BCUT2D eigenvalue weighted by molar-refractivity contribution is 5.80. The third kappa shape index (κ3) is 2.10. The molecular formula is C12H17N5O. The van der Waals surface area contributed by atoms with E-state index < -0.39 is 0 Å². The van der Waals surface area contributed by atoms with Crippen molar-refractivity contribution in [2.45, 2.75) is 25.7 Å². The zero-order valence-corrected chi connectivity index (χ0v) is 10.4. The first kappa shape index (κ1) is 11.3. The fourth-order valence-corrected chi connectivity index (χ4v) is 2.13. The first-order chi connectivity index (χ1) is 8.86. The van der Waals surface area contributed by atoms with Crippen molar-refractivity contribution in [3.8, 4) is 5.88 Å². The lowest BCUT2D eigenvalue weighted by atomic mass is 9.83. The molecule has 0 spiro atoms. The Hall–Kier alpha value is -1.85. The molecule has 6 nitrogen and oxygen atoms in total. The van der Waals surface area contributed by atoms with Crippen molar-refractivity contribution in [3.05, 3.63) is 6.20 Å². The summed E-state index contributed by atoms with van der Waals surface area (Å²) in [4.78, 5) is 8.59. The first-order valence-electron chi connectivity index (χ1n) is 6.38. The van der Waals surface area contributed by atoms with E-state index in [1.54, 1.807) is 13.2 Å². The molecule has 1 aliphatic rings. The number of hydrogen-bond acceptors (Lipinski definition) is 5. The fourth-order valence-electron chi connectivity index (χ4n) is 2.13. The van der Waals surface area contributed by atoms with Gasteiger partial charge in [0.2, 0.25) is 11.8 Å². The minimum absolute atomic E-state index is 0.547. The number of hydrogen-bond donors (Lipinski definition) is 2. The second-order valence-electron chi connectivity index (χ2n) is 4.67. The SMILES string of the molecule is CNc1nc(OCCC2CCC2)c2cn[nH]c2n1. The zero-order chi connectivity index (χ0) is 12.4. The van der Waals surface area contributed by atoms with Gasteiger partial charge in [-0.3, -0.25) is 5.10 Å². The largest absolute Gasteiger partial charge is 0.477 e. The van der Waals surface area contributed by atoms with E-state index >= 15 is 0 Å². The van der Waals surface area contributed by atoms with Gasteiger partial charge in [-0.15, -0.1) is 0 Å². The molecule has 2 N–H and O–H groups in total. The van der Waals surface area contributed by atoms with Gasteiger partial charge in [-0.1, -0.05) is 19.3 Å². The Labute approximate surface area is 105 Å². The highest BCUT2D eigenvalue weighted by Gasteiger charge is 2.17. The van der Waals surface area contributed by atoms with Gasteiger partial charge in [0.25, 0.3) is 0 Å². The third-order valence-electron chi connectivity index (χ3n) is 3.49. The number of rotatable bonds is 5. The predicted octanol–water partition coefficient (Wildman–Crippen LogP) is 1.96. The van der Waals surface area contributed by atoms with Crippen LogP contribution < -0.4 is 10.1 Å². The molecule has 0 atom stereocenters. The normalized spacial score (nSPS) is 15.6. The van der Waals surface area contributed by atoms with Crippen LogP contribution in [0.5, 0.6) is 5.88 Å². The molecular weight excluding hydrogens is 230 g/mol. The zero-order valence-electron chi connectivity index (χ0n) is 10.4.